The summed E-state index contributed by atoms with van der Waals surface area (Å²) in [6, 6.07) is 5.59. The van der Waals surface area contributed by atoms with Crippen LogP contribution in [0.3, 0.4) is 0 Å². The van der Waals surface area contributed by atoms with Crippen LogP contribution < -0.4 is 20.1 Å². The van der Waals surface area contributed by atoms with Crippen LogP contribution in [0, 0.1) is 0 Å². The molecule has 0 saturated heterocycles. The Bertz CT molecular complexity index is 655. The second-order valence-electron chi connectivity index (χ2n) is 6.31. The molecule has 0 atom stereocenters. The van der Waals surface area contributed by atoms with Crippen LogP contribution in [0.15, 0.2) is 29.8 Å². The fourth-order valence-corrected chi connectivity index (χ4v) is 2.99. The average molecular weight is 360 g/mol. The van der Waals surface area contributed by atoms with Crippen molar-refractivity contribution >= 4 is 11.8 Å². The predicted octanol–water partition coefficient (Wildman–Crippen LogP) is 2.37. The third kappa shape index (κ3) is 6.10. The summed E-state index contributed by atoms with van der Waals surface area (Å²) in [5, 5.41) is 5.33. The van der Waals surface area contributed by atoms with Gasteiger partial charge in [-0.25, -0.2) is 0 Å². The number of allylic oxidation sites excluding steroid dienone is 1. The van der Waals surface area contributed by atoms with Crippen LogP contribution in [0.4, 0.5) is 0 Å². The van der Waals surface area contributed by atoms with E-state index < -0.39 is 11.8 Å². The van der Waals surface area contributed by atoms with Crippen LogP contribution in [0.1, 0.15) is 37.7 Å². The van der Waals surface area contributed by atoms with Gasteiger partial charge in [0.2, 0.25) is 0 Å². The quantitative estimate of drug-likeness (QED) is 0.551. The summed E-state index contributed by atoms with van der Waals surface area (Å²) in [6.07, 6.45) is 8.37. The largest absolute Gasteiger partial charge is 0.493 e. The molecular weight excluding hydrogens is 332 g/mol. The summed E-state index contributed by atoms with van der Waals surface area (Å²) in [4.78, 5) is 23.7. The molecule has 1 aliphatic carbocycles. The Morgan fingerprint density at radius 3 is 2.27 bits per heavy atom. The molecule has 0 spiro atoms. The fraction of sp³-hybridized carbons (Fsp3) is 0.500. The zero-order valence-corrected chi connectivity index (χ0v) is 15.6. The molecule has 6 nitrogen and oxygen atoms in total. The molecule has 1 aromatic carbocycles. The number of rotatable bonds is 8. The van der Waals surface area contributed by atoms with Crippen molar-refractivity contribution in [1.29, 1.82) is 0 Å². The fourth-order valence-electron chi connectivity index (χ4n) is 2.99. The van der Waals surface area contributed by atoms with Crippen molar-refractivity contribution < 1.29 is 19.1 Å². The first-order valence-electron chi connectivity index (χ1n) is 9.09. The van der Waals surface area contributed by atoms with E-state index in [0.717, 1.165) is 24.8 Å². The maximum atomic E-state index is 11.9. The van der Waals surface area contributed by atoms with E-state index in [0.29, 0.717) is 31.0 Å². The van der Waals surface area contributed by atoms with Crippen LogP contribution >= 0.6 is 0 Å². The molecule has 26 heavy (non-hydrogen) atoms. The first-order chi connectivity index (χ1) is 12.6. The molecular formula is C20H28N2O4. The van der Waals surface area contributed by atoms with E-state index in [4.69, 9.17) is 9.47 Å². The molecule has 142 valence electrons. The SMILES string of the molecule is COc1ccc(CCNC(=O)C(=O)NCCC2=CCCCC2)cc1OC. The monoisotopic (exact) mass is 360 g/mol. The highest BCUT2D eigenvalue weighted by molar-refractivity contribution is 6.35. The van der Waals surface area contributed by atoms with Crippen molar-refractivity contribution in [2.45, 2.75) is 38.5 Å². The van der Waals surface area contributed by atoms with E-state index >= 15 is 0 Å². The van der Waals surface area contributed by atoms with Gasteiger partial charge in [-0.15, -0.1) is 0 Å². The van der Waals surface area contributed by atoms with E-state index in [1.54, 1.807) is 14.2 Å². The highest BCUT2D eigenvalue weighted by Crippen LogP contribution is 2.27. The first-order valence-corrected chi connectivity index (χ1v) is 9.09. The summed E-state index contributed by atoms with van der Waals surface area (Å²) in [5.41, 5.74) is 2.37. The van der Waals surface area contributed by atoms with E-state index in [-0.39, 0.29) is 0 Å². The van der Waals surface area contributed by atoms with E-state index in [1.807, 2.05) is 18.2 Å². The lowest BCUT2D eigenvalue weighted by Crippen LogP contribution is -2.41. The first kappa shape index (κ1) is 19.8. The van der Waals surface area contributed by atoms with Crippen LogP contribution in [0.5, 0.6) is 11.5 Å². The van der Waals surface area contributed by atoms with E-state index in [1.165, 1.54) is 18.4 Å². The van der Waals surface area contributed by atoms with Crippen molar-refractivity contribution in [3.05, 3.63) is 35.4 Å². The summed E-state index contributed by atoms with van der Waals surface area (Å²) in [5.74, 6) is 0.135. The number of amides is 2. The number of methoxy groups -OCH3 is 2. The van der Waals surface area contributed by atoms with Crippen molar-refractivity contribution in [3.8, 4) is 11.5 Å². The smallest absolute Gasteiger partial charge is 0.309 e. The Kier molecular flexibility index (Phi) is 7.99. The Balaban J connectivity index is 1.69. The molecule has 0 aromatic heterocycles. The summed E-state index contributed by atoms with van der Waals surface area (Å²) in [6.45, 7) is 0.890. The lowest BCUT2D eigenvalue weighted by molar-refractivity contribution is -0.139. The molecule has 0 bridgehead atoms. The number of nitrogens with one attached hydrogen (secondary N) is 2. The second-order valence-corrected chi connectivity index (χ2v) is 6.31. The molecule has 0 aliphatic heterocycles. The maximum Gasteiger partial charge on any atom is 0.309 e. The standard InChI is InChI=1S/C20H28N2O4/c1-25-17-9-8-16(14-18(17)26-2)11-13-22-20(24)19(23)21-12-10-15-6-4-3-5-7-15/h6,8-9,14H,3-5,7,10-13H2,1-2H3,(H,21,23)(H,22,24). The molecule has 1 aromatic rings. The molecule has 2 rings (SSSR count). The minimum atomic E-state index is -0.594. The summed E-state index contributed by atoms with van der Waals surface area (Å²) < 4.78 is 10.5. The van der Waals surface area contributed by atoms with Gasteiger partial charge in [0.05, 0.1) is 14.2 Å². The number of hydrogen-bond donors (Lipinski definition) is 2. The number of benzene rings is 1. The minimum absolute atomic E-state index is 0.382. The predicted molar refractivity (Wildman–Crippen MR) is 100 cm³/mol. The highest BCUT2D eigenvalue weighted by atomic mass is 16.5. The van der Waals surface area contributed by atoms with Gasteiger partial charge in [-0.1, -0.05) is 17.7 Å². The maximum absolute atomic E-state index is 11.9. The molecule has 0 heterocycles. The van der Waals surface area contributed by atoms with Crippen molar-refractivity contribution in [1.82, 2.24) is 10.6 Å². The van der Waals surface area contributed by atoms with Crippen LogP contribution in [-0.4, -0.2) is 39.1 Å². The van der Waals surface area contributed by atoms with E-state index in [9.17, 15) is 9.59 Å². The molecule has 0 radical (unpaired) electrons. The van der Waals surface area contributed by atoms with Crippen LogP contribution in [0.2, 0.25) is 0 Å². The number of hydrogen-bond acceptors (Lipinski definition) is 4. The molecule has 1 aliphatic rings. The lowest BCUT2D eigenvalue weighted by Gasteiger charge is -2.13. The third-order valence-electron chi connectivity index (χ3n) is 4.47. The molecule has 0 fully saturated rings. The van der Waals surface area contributed by atoms with Gasteiger partial charge in [0.25, 0.3) is 0 Å². The van der Waals surface area contributed by atoms with Crippen LogP contribution in [0.25, 0.3) is 0 Å². The molecule has 0 saturated carbocycles. The van der Waals surface area contributed by atoms with Gasteiger partial charge in [0.15, 0.2) is 11.5 Å². The number of ether oxygens (including phenoxy) is 2. The van der Waals surface area contributed by atoms with Gasteiger partial charge in [-0.3, -0.25) is 9.59 Å². The van der Waals surface area contributed by atoms with Gasteiger partial charge in [0.1, 0.15) is 0 Å². The summed E-state index contributed by atoms with van der Waals surface area (Å²) in [7, 11) is 3.16. The van der Waals surface area contributed by atoms with Gasteiger partial charge >= 0.3 is 11.8 Å². The zero-order chi connectivity index (χ0) is 18.8. The average Bonchev–Trinajstić information content (AvgIpc) is 2.68. The molecule has 0 unspecified atom stereocenters. The number of carbonyl (C=O) groups excluding carboxylic acids is 2. The molecule has 2 amide bonds. The highest BCUT2D eigenvalue weighted by Gasteiger charge is 2.13. The van der Waals surface area contributed by atoms with Crippen LogP contribution in [-0.2, 0) is 16.0 Å². The van der Waals surface area contributed by atoms with Crippen molar-refractivity contribution in [3.63, 3.8) is 0 Å². The van der Waals surface area contributed by atoms with Gasteiger partial charge in [-0.2, -0.15) is 0 Å². The third-order valence-corrected chi connectivity index (χ3v) is 4.47. The van der Waals surface area contributed by atoms with Crippen molar-refractivity contribution in [2.24, 2.45) is 0 Å². The van der Waals surface area contributed by atoms with Gasteiger partial charge < -0.3 is 20.1 Å². The van der Waals surface area contributed by atoms with E-state index in [2.05, 4.69) is 16.7 Å². The number of carbonyl (C=O) groups is 2. The Morgan fingerprint density at radius 1 is 0.962 bits per heavy atom. The van der Waals surface area contributed by atoms with Gasteiger partial charge in [-0.05, 0) is 56.2 Å². The Hall–Kier alpha value is -2.50. The minimum Gasteiger partial charge on any atom is -0.493 e. The van der Waals surface area contributed by atoms with Crippen molar-refractivity contribution in [2.75, 3.05) is 27.3 Å². The second kappa shape index (κ2) is 10.5. The molecule has 6 heteroatoms. The normalized spacial score (nSPS) is 13.5. The summed E-state index contributed by atoms with van der Waals surface area (Å²) >= 11 is 0. The zero-order valence-electron chi connectivity index (χ0n) is 15.6. The Morgan fingerprint density at radius 2 is 1.65 bits per heavy atom. The van der Waals surface area contributed by atoms with Gasteiger partial charge in [0, 0.05) is 13.1 Å². The molecule has 2 N–H and O–H groups in total. The lowest BCUT2D eigenvalue weighted by atomic mass is 9.97. The topological polar surface area (TPSA) is 76.7 Å². The Labute approximate surface area is 154 Å².